The molecule has 0 saturated heterocycles. The zero-order chi connectivity index (χ0) is 15.4. The van der Waals surface area contributed by atoms with Gasteiger partial charge in [0.1, 0.15) is 10.9 Å². The number of aliphatic hydroxyl groups is 2. The molecule has 0 bridgehead atoms. The summed E-state index contributed by atoms with van der Waals surface area (Å²) in [4.78, 5) is 0. The molecular formula is C9H11F5O3S2. The summed E-state index contributed by atoms with van der Waals surface area (Å²) in [5.74, 6) is -2.65. The van der Waals surface area contributed by atoms with Crippen molar-refractivity contribution in [1.29, 1.82) is 0 Å². The van der Waals surface area contributed by atoms with Crippen molar-refractivity contribution in [2.24, 2.45) is 0 Å². The van der Waals surface area contributed by atoms with Gasteiger partial charge in [-0.15, -0.1) is 0 Å². The third-order valence-electron chi connectivity index (χ3n) is 1.05. The standard InChI is InChI=1S/C6H10O3S2.C3HF5/c1-3-5(7)10-9-11-6(8)4-2;4-1(2(5)6)3(7)8/h3-8H,1-2H2;2H. The zero-order valence-electron chi connectivity index (χ0n) is 9.31. The number of halogens is 5. The Kier molecular flexibility index (Phi) is 13.6. The van der Waals surface area contributed by atoms with Gasteiger partial charge < -0.3 is 10.2 Å². The first kappa shape index (κ1) is 20.8. The van der Waals surface area contributed by atoms with E-state index in [1.807, 2.05) is 0 Å². The van der Waals surface area contributed by atoms with E-state index in [0.717, 1.165) is 24.1 Å². The smallest absolute Gasteiger partial charge is 0.307 e. The van der Waals surface area contributed by atoms with Crippen LogP contribution in [0.5, 0.6) is 0 Å². The largest absolute Gasteiger partial charge is 0.376 e. The number of hydrogen-bond donors (Lipinski definition) is 2. The Morgan fingerprint density at radius 2 is 1.37 bits per heavy atom. The molecule has 0 heterocycles. The first-order valence-electron chi connectivity index (χ1n) is 4.35. The Hall–Kier alpha value is -0.550. The highest BCUT2D eigenvalue weighted by Gasteiger charge is 2.16. The van der Waals surface area contributed by atoms with Crippen LogP contribution in [-0.2, 0) is 3.63 Å². The number of rotatable bonds is 7. The van der Waals surface area contributed by atoms with Crippen molar-refractivity contribution in [2.75, 3.05) is 0 Å². The van der Waals surface area contributed by atoms with E-state index in [0.29, 0.717) is 0 Å². The maximum Gasteiger partial charge on any atom is 0.307 e. The van der Waals surface area contributed by atoms with Gasteiger partial charge in [-0.1, -0.05) is 25.3 Å². The van der Waals surface area contributed by atoms with Crippen LogP contribution < -0.4 is 0 Å². The number of aliphatic hydroxyl groups excluding tert-OH is 2. The molecule has 19 heavy (non-hydrogen) atoms. The summed E-state index contributed by atoms with van der Waals surface area (Å²) < 4.78 is 58.7. The fourth-order valence-corrected chi connectivity index (χ4v) is 1.25. The van der Waals surface area contributed by atoms with E-state index in [1.165, 1.54) is 12.2 Å². The summed E-state index contributed by atoms with van der Waals surface area (Å²) in [6, 6.07) is 0. The molecule has 112 valence electrons. The zero-order valence-corrected chi connectivity index (χ0v) is 10.9. The molecular weight excluding hydrogens is 315 g/mol. The molecule has 0 radical (unpaired) electrons. The molecule has 0 aliphatic heterocycles. The molecule has 0 aromatic carbocycles. The van der Waals surface area contributed by atoms with Crippen molar-refractivity contribution in [3.05, 3.63) is 37.2 Å². The van der Waals surface area contributed by atoms with Gasteiger partial charge in [-0.2, -0.15) is 13.2 Å². The number of hydrogen-bond acceptors (Lipinski definition) is 5. The van der Waals surface area contributed by atoms with E-state index >= 15 is 0 Å². The summed E-state index contributed by atoms with van der Waals surface area (Å²) in [6.07, 6.45) is -4.00. The van der Waals surface area contributed by atoms with Crippen LogP contribution in [0, 0.1) is 0 Å². The topological polar surface area (TPSA) is 49.7 Å². The molecule has 10 heteroatoms. The second-order valence-corrected chi connectivity index (χ2v) is 4.32. The Morgan fingerprint density at radius 3 is 1.53 bits per heavy atom. The second kappa shape index (κ2) is 12.5. The van der Waals surface area contributed by atoms with Gasteiger partial charge in [-0.25, -0.2) is 12.4 Å². The van der Waals surface area contributed by atoms with E-state index in [2.05, 4.69) is 13.2 Å². The highest BCUT2D eigenvalue weighted by Crippen LogP contribution is 2.22. The Morgan fingerprint density at radius 1 is 1.00 bits per heavy atom. The molecule has 0 saturated carbocycles. The molecule has 3 nitrogen and oxygen atoms in total. The van der Waals surface area contributed by atoms with Gasteiger partial charge in [0.2, 0.25) is 5.83 Å². The van der Waals surface area contributed by atoms with Crippen LogP contribution in [0.1, 0.15) is 0 Å². The van der Waals surface area contributed by atoms with Crippen molar-refractivity contribution < 1.29 is 35.8 Å². The van der Waals surface area contributed by atoms with Gasteiger partial charge in [0.25, 0.3) is 6.43 Å². The van der Waals surface area contributed by atoms with E-state index in [4.69, 9.17) is 13.8 Å². The van der Waals surface area contributed by atoms with E-state index < -0.39 is 29.2 Å². The number of allylic oxidation sites excluding steroid dienone is 1. The molecule has 0 aliphatic rings. The van der Waals surface area contributed by atoms with Crippen LogP contribution in [0.4, 0.5) is 22.0 Å². The fourth-order valence-electron chi connectivity index (χ4n) is 0.264. The molecule has 2 atom stereocenters. The van der Waals surface area contributed by atoms with Crippen LogP contribution in [0.2, 0.25) is 0 Å². The lowest BCUT2D eigenvalue weighted by molar-refractivity contribution is 0.145. The summed E-state index contributed by atoms with van der Waals surface area (Å²) in [5.41, 5.74) is -1.53. The third-order valence-corrected chi connectivity index (χ3v) is 2.46. The predicted octanol–water partition coefficient (Wildman–Crippen LogP) is 3.64. The van der Waals surface area contributed by atoms with E-state index in [-0.39, 0.29) is 0 Å². The molecule has 0 spiro atoms. The normalized spacial score (nSPS) is 13.1. The lowest BCUT2D eigenvalue weighted by Gasteiger charge is -2.05. The maximum absolute atomic E-state index is 11.0. The van der Waals surface area contributed by atoms with Crippen LogP contribution in [0.3, 0.4) is 0 Å². The monoisotopic (exact) mass is 326 g/mol. The van der Waals surface area contributed by atoms with Crippen molar-refractivity contribution in [1.82, 2.24) is 0 Å². The van der Waals surface area contributed by atoms with E-state index in [1.54, 1.807) is 0 Å². The second-order valence-electron chi connectivity index (χ2n) is 2.42. The first-order valence-corrected chi connectivity index (χ1v) is 5.96. The minimum Gasteiger partial charge on any atom is -0.376 e. The Balaban J connectivity index is 0. The van der Waals surface area contributed by atoms with Crippen molar-refractivity contribution >= 4 is 24.1 Å². The van der Waals surface area contributed by atoms with Gasteiger partial charge in [-0.05, 0) is 0 Å². The van der Waals surface area contributed by atoms with Crippen molar-refractivity contribution in [3.63, 3.8) is 0 Å². The lowest BCUT2D eigenvalue weighted by Crippen LogP contribution is -1.97. The highest BCUT2D eigenvalue weighted by molar-refractivity contribution is 8.08. The summed E-state index contributed by atoms with van der Waals surface area (Å²) >= 11 is 1.63. The maximum atomic E-state index is 11.0. The molecule has 2 N–H and O–H groups in total. The Labute approximate surface area is 115 Å². The van der Waals surface area contributed by atoms with Crippen molar-refractivity contribution in [3.8, 4) is 0 Å². The highest BCUT2D eigenvalue weighted by atomic mass is 32.2. The van der Waals surface area contributed by atoms with Gasteiger partial charge in [0, 0.05) is 24.1 Å². The minimum atomic E-state index is -3.69. The van der Waals surface area contributed by atoms with Crippen LogP contribution in [0.15, 0.2) is 37.2 Å². The van der Waals surface area contributed by atoms with Crippen LogP contribution in [0.25, 0.3) is 0 Å². The van der Waals surface area contributed by atoms with E-state index in [9.17, 15) is 22.0 Å². The van der Waals surface area contributed by atoms with Gasteiger partial charge in [-0.3, -0.25) is 0 Å². The number of alkyl halides is 2. The average Bonchev–Trinajstić information content (AvgIpc) is 2.37. The quantitative estimate of drug-likeness (QED) is 0.324. The van der Waals surface area contributed by atoms with Crippen LogP contribution in [-0.4, -0.2) is 27.5 Å². The van der Waals surface area contributed by atoms with Gasteiger partial charge in [0.15, 0.2) is 0 Å². The average molecular weight is 326 g/mol. The Bertz CT molecular complexity index is 284. The third kappa shape index (κ3) is 13.7. The molecule has 2 unspecified atom stereocenters. The molecule has 0 aliphatic carbocycles. The van der Waals surface area contributed by atoms with Crippen LogP contribution >= 0.6 is 24.1 Å². The molecule has 0 rings (SSSR count). The predicted molar refractivity (Wildman–Crippen MR) is 65.0 cm³/mol. The molecule has 0 aromatic heterocycles. The summed E-state index contributed by atoms with van der Waals surface area (Å²) in [5, 5.41) is 17.7. The van der Waals surface area contributed by atoms with Crippen molar-refractivity contribution in [2.45, 2.75) is 17.3 Å². The lowest BCUT2D eigenvalue weighted by atomic mass is 10.6. The summed E-state index contributed by atoms with van der Waals surface area (Å²) in [6.45, 7) is 6.67. The first-order chi connectivity index (χ1) is 8.76. The SMILES string of the molecule is C=CC(O)SOSC(O)C=C.FC(F)=C(F)C(F)F. The fraction of sp³-hybridized carbons (Fsp3) is 0.333. The van der Waals surface area contributed by atoms with Gasteiger partial charge >= 0.3 is 6.08 Å². The van der Waals surface area contributed by atoms with Gasteiger partial charge in [0.05, 0.1) is 0 Å². The molecule has 0 amide bonds. The summed E-state index contributed by atoms with van der Waals surface area (Å²) in [7, 11) is 0. The molecule has 0 fully saturated rings. The molecule has 0 aromatic rings. The minimum absolute atomic E-state index is 0.764.